The second kappa shape index (κ2) is 3.44. The summed E-state index contributed by atoms with van der Waals surface area (Å²) in [6.45, 7) is 8.72. The van der Waals surface area contributed by atoms with Gasteiger partial charge in [-0.05, 0) is 5.92 Å². The summed E-state index contributed by atoms with van der Waals surface area (Å²) in [6.07, 6.45) is 0. The van der Waals surface area contributed by atoms with Gasteiger partial charge in [0.1, 0.15) is 5.76 Å². The lowest BCUT2D eigenvalue weighted by Gasteiger charge is -2.06. The van der Waals surface area contributed by atoms with Crippen molar-refractivity contribution in [2.45, 2.75) is 39.5 Å². The molecule has 2 heterocycles. The van der Waals surface area contributed by atoms with E-state index < -0.39 is 0 Å². The van der Waals surface area contributed by atoms with Crippen LogP contribution in [0.2, 0.25) is 0 Å². The van der Waals surface area contributed by atoms with E-state index in [0.717, 1.165) is 11.3 Å². The number of hydrogen-bond donors (Lipinski definition) is 0. The Morgan fingerprint density at radius 2 is 1.73 bits per heavy atom. The van der Waals surface area contributed by atoms with Gasteiger partial charge in [-0.15, -0.1) is 0 Å². The fourth-order valence-corrected chi connectivity index (χ4v) is 1.99. The molecule has 0 aliphatic heterocycles. The normalized spacial score (nSPS) is 12.2. The van der Waals surface area contributed by atoms with Gasteiger partial charge >= 0.3 is 0 Å². The molecule has 0 fully saturated rings. The maximum Gasteiger partial charge on any atom is 0.152 e. The first-order valence-corrected chi connectivity index (χ1v) is 5.59. The monoisotopic (exact) mass is 205 g/mol. The van der Waals surface area contributed by atoms with Gasteiger partial charge in [0.25, 0.3) is 0 Å². The van der Waals surface area contributed by atoms with Gasteiger partial charge in [-0.25, -0.2) is 0 Å². The molecule has 0 radical (unpaired) electrons. The molecule has 0 bridgehead atoms. The van der Waals surface area contributed by atoms with Gasteiger partial charge in [0, 0.05) is 30.8 Å². The average Bonchev–Trinajstić information content (AvgIpc) is 2.65. The summed E-state index contributed by atoms with van der Waals surface area (Å²) >= 11 is 0. The van der Waals surface area contributed by atoms with Crippen LogP contribution in [0.25, 0.3) is 11.1 Å². The highest BCUT2D eigenvalue weighted by Crippen LogP contribution is 2.29. The van der Waals surface area contributed by atoms with Gasteiger partial charge in [0.15, 0.2) is 5.58 Å². The van der Waals surface area contributed by atoms with E-state index >= 15 is 0 Å². The topological polar surface area (TPSA) is 18.1 Å². The van der Waals surface area contributed by atoms with Crippen molar-refractivity contribution in [2.75, 3.05) is 0 Å². The highest BCUT2D eigenvalue weighted by Gasteiger charge is 2.14. The Labute approximate surface area is 90.9 Å². The molecule has 0 unspecified atom stereocenters. The molecule has 2 nitrogen and oxygen atoms in total. The Bertz CT molecular complexity index is 474. The quantitative estimate of drug-likeness (QED) is 0.724. The average molecular weight is 205 g/mol. The summed E-state index contributed by atoms with van der Waals surface area (Å²) < 4.78 is 8.05. The molecular weight excluding hydrogens is 186 g/mol. The third-order valence-electron chi connectivity index (χ3n) is 2.95. The molecule has 15 heavy (non-hydrogen) atoms. The Morgan fingerprint density at radius 1 is 1.07 bits per heavy atom. The summed E-state index contributed by atoms with van der Waals surface area (Å²) in [5, 5.41) is 0. The molecule has 0 atom stereocenters. The highest BCUT2D eigenvalue weighted by atomic mass is 16.3. The molecule has 0 N–H and O–H groups in total. The van der Waals surface area contributed by atoms with Crippen molar-refractivity contribution in [1.29, 1.82) is 0 Å². The van der Waals surface area contributed by atoms with Crippen LogP contribution in [0.15, 0.2) is 16.5 Å². The minimum Gasteiger partial charge on any atom is -0.459 e. The highest BCUT2D eigenvalue weighted by molar-refractivity contribution is 5.76. The summed E-state index contributed by atoms with van der Waals surface area (Å²) in [6, 6.07) is 4.32. The van der Waals surface area contributed by atoms with Gasteiger partial charge in [0.2, 0.25) is 0 Å². The van der Waals surface area contributed by atoms with Crippen molar-refractivity contribution < 1.29 is 4.42 Å². The number of hydrogen-bond acceptors (Lipinski definition) is 1. The maximum absolute atomic E-state index is 5.82. The first kappa shape index (κ1) is 10.3. The zero-order valence-electron chi connectivity index (χ0n) is 10.2. The van der Waals surface area contributed by atoms with Crippen LogP contribution in [0.1, 0.15) is 51.0 Å². The third kappa shape index (κ3) is 1.58. The number of furan rings is 1. The molecule has 2 heteroatoms. The molecule has 2 aromatic heterocycles. The lowest BCUT2D eigenvalue weighted by Crippen LogP contribution is -1.97. The Morgan fingerprint density at radius 3 is 2.20 bits per heavy atom. The number of aryl methyl sites for hydroxylation is 1. The molecule has 0 spiro atoms. The van der Waals surface area contributed by atoms with E-state index in [1.54, 1.807) is 0 Å². The smallest absolute Gasteiger partial charge is 0.152 e. The predicted octanol–water partition coefficient (Wildman–Crippen LogP) is 4.02. The van der Waals surface area contributed by atoms with E-state index in [9.17, 15) is 0 Å². The van der Waals surface area contributed by atoms with Crippen LogP contribution in [0, 0.1) is 0 Å². The molecule has 0 saturated heterocycles. The molecule has 0 amide bonds. The molecule has 0 saturated carbocycles. The Kier molecular flexibility index (Phi) is 2.37. The van der Waals surface area contributed by atoms with Gasteiger partial charge in [0.05, 0.1) is 5.52 Å². The molecule has 82 valence electrons. The van der Waals surface area contributed by atoms with Gasteiger partial charge in [-0.1, -0.05) is 27.7 Å². The lowest BCUT2D eigenvalue weighted by atomic mass is 10.1. The Hall–Kier alpha value is -1.18. The first-order valence-electron chi connectivity index (χ1n) is 5.59. The van der Waals surface area contributed by atoms with Crippen molar-refractivity contribution in [1.82, 2.24) is 4.57 Å². The van der Waals surface area contributed by atoms with E-state index in [-0.39, 0.29) is 0 Å². The van der Waals surface area contributed by atoms with E-state index in [0.29, 0.717) is 11.8 Å². The van der Waals surface area contributed by atoms with Gasteiger partial charge in [-0.3, -0.25) is 0 Å². The molecule has 2 aromatic rings. The van der Waals surface area contributed by atoms with Crippen LogP contribution in [-0.4, -0.2) is 4.57 Å². The lowest BCUT2D eigenvalue weighted by molar-refractivity contribution is 0.521. The van der Waals surface area contributed by atoms with Crippen molar-refractivity contribution in [2.24, 2.45) is 7.05 Å². The zero-order chi connectivity index (χ0) is 11.2. The molecule has 2 rings (SSSR count). The standard InChI is InChI=1S/C13H19NO/c1-8(2)10-6-13-11(14(10)5)7-12(15-13)9(3)4/h6-9H,1-5H3. The fraction of sp³-hybridized carbons (Fsp3) is 0.538. The van der Waals surface area contributed by atoms with Crippen LogP contribution >= 0.6 is 0 Å². The molecular formula is C13H19NO. The van der Waals surface area contributed by atoms with E-state index in [4.69, 9.17) is 4.42 Å². The zero-order valence-corrected chi connectivity index (χ0v) is 10.2. The van der Waals surface area contributed by atoms with Crippen LogP contribution < -0.4 is 0 Å². The Balaban J connectivity index is 2.57. The minimum atomic E-state index is 0.458. The fourth-order valence-electron chi connectivity index (χ4n) is 1.99. The molecule has 0 aliphatic rings. The van der Waals surface area contributed by atoms with Crippen molar-refractivity contribution >= 4 is 11.1 Å². The van der Waals surface area contributed by atoms with Gasteiger partial charge in [-0.2, -0.15) is 0 Å². The molecule has 0 aliphatic carbocycles. The third-order valence-corrected chi connectivity index (χ3v) is 2.95. The minimum absolute atomic E-state index is 0.458. The maximum atomic E-state index is 5.82. The SMILES string of the molecule is CC(C)c1cc2c(cc(C(C)C)n2C)o1. The van der Waals surface area contributed by atoms with E-state index in [2.05, 4.69) is 51.4 Å². The second-order valence-electron chi connectivity index (χ2n) is 4.84. The number of fused-ring (bicyclic) bond motifs is 1. The summed E-state index contributed by atoms with van der Waals surface area (Å²) in [7, 11) is 2.11. The summed E-state index contributed by atoms with van der Waals surface area (Å²) in [5.41, 5.74) is 3.56. The first-order chi connectivity index (χ1) is 7.00. The van der Waals surface area contributed by atoms with Crippen molar-refractivity contribution in [3.05, 3.63) is 23.6 Å². The van der Waals surface area contributed by atoms with E-state index in [1.807, 2.05) is 0 Å². The largest absolute Gasteiger partial charge is 0.459 e. The van der Waals surface area contributed by atoms with E-state index in [1.165, 1.54) is 11.2 Å². The van der Waals surface area contributed by atoms with Crippen LogP contribution in [0.3, 0.4) is 0 Å². The molecule has 0 aromatic carbocycles. The predicted molar refractivity (Wildman–Crippen MR) is 63.4 cm³/mol. The van der Waals surface area contributed by atoms with Crippen molar-refractivity contribution in [3.8, 4) is 0 Å². The number of nitrogens with zero attached hydrogens (tertiary/aromatic N) is 1. The number of aromatic nitrogens is 1. The van der Waals surface area contributed by atoms with Crippen LogP contribution in [0.4, 0.5) is 0 Å². The van der Waals surface area contributed by atoms with Crippen LogP contribution in [0.5, 0.6) is 0 Å². The second-order valence-corrected chi connectivity index (χ2v) is 4.84. The van der Waals surface area contributed by atoms with Crippen molar-refractivity contribution in [3.63, 3.8) is 0 Å². The van der Waals surface area contributed by atoms with Gasteiger partial charge < -0.3 is 8.98 Å². The summed E-state index contributed by atoms with van der Waals surface area (Å²) in [4.78, 5) is 0. The summed E-state index contributed by atoms with van der Waals surface area (Å²) in [5.74, 6) is 2.07. The van der Waals surface area contributed by atoms with Crippen LogP contribution in [-0.2, 0) is 7.05 Å². The number of rotatable bonds is 2.